The normalized spacial score (nSPS) is 18.5. The van der Waals surface area contributed by atoms with Gasteiger partial charge in [0.15, 0.2) is 0 Å². The van der Waals surface area contributed by atoms with Crippen LogP contribution in [-0.4, -0.2) is 56.1 Å². The number of ether oxygens (including phenoxy) is 1. The van der Waals surface area contributed by atoms with E-state index in [0.717, 1.165) is 64.2 Å². The molecule has 0 spiro atoms. The van der Waals surface area contributed by atoms with Crippen molar-refractivity contribution in [2.45, 2.75) is 14.8 Å². The highest BCUT2D eigenvalue weighted by Gasteiger charge is 2.17. The van der Waals surface area contributed by atoms with Crippen LogP contribution in [-0.2, 0) is 25.6 Å². The molecule has 23 heavy (non-hydrogen) atoms. The first-order chi connectivity index (χ1) is 10.9. The highest BCUT2D eigenvalue weighted by Crippen LogP contribution is 2.36. The van der Waals surface area contributed by atoms with Crippen LogP contribution in [0.2, 0.25) is 0 Å². The second kappa shape index (κ2) is 7.26. The smallest absolute Gasteiger partial charge is 0.247 e. The van der Waals surface area contributed by atoms with Crippen molar-refractivity contribution in [1.82, 2.24) is 4.90 Å². The summed E-state index contributed by atoms with van der Waals surface area (Å²) in [6.45, 7) is 4.37. The van der Waals surface area contributed by atoms with Crippen LogP contribution in [0.5, 0.6) is 0 Å². The van der Waals surface area contributed by atoms with E-state index in [1.807, 2.05) is 6.07 Å². The molecule has 1 unspecified atom stereocenters. The van der Waals surface area contributed by atoms with Crippen molar-refractivity contribution >= 4 is 52.9 Å². The standard InChI is InChI=1S/C13H18N2O4S4/c14-23(17,18)12-9-10-8-11(20-13(10)21-12)22(16)7-1-2-15-3-5-19-6-4-15/h8-9H,1-7H2,(H2,14,17,18). The zero-order chi connectivity index (χ0) is 16.4. The maximum atomic E-state index is 12.4. The number of primary sulfonamides is 1. The maximum absolute atomic E-state index is 12.4. The van der Waals surface area contributed by atoms with Crippen LogP contribution < -0.4 is 5.14 Å². The van der Waals surface area contributed by atoms with Gasteiger partial charge in [0.05, 0.1) is 32.2 Å². The summed E-state index contributed by atoms with van der Waals surface area (Å²) in [5, 5.41) is 5.93. The van der Waals surface area contributed by atoms with Crippen molar-refractivity contribution in [3.63, 3.8) is 0 Å². The SMILES string of the molecule is NS(=O)(=O)c1cc2cc(S(=O)CCCN3CCOCC3)sc2s1. The van der Waals surface area contributed by atoms with E-state index in [4.69, 9.17) is 9.88 Å². The molecule has 3 heterocycles. The summed E-state index contributed by atoms with van der Waals surface area (Å²) in [7, 11) is -4.70. The minimum atomic E-state index is -3.66. The van der Waals surface area contributed by atoms with Crippen molar-refractivity contribution in [2.75, 3.05) is 38.6 Å². The van der Waals surface area contributed by atoms with Crippen molar-refractivity contribution in [3.05, 3.63) is 12.1 Å². The molecule has 1 saturated heterocycles. The zero-order valence-electron chi connectivity index (χ0n) is 12.4. The quantitative estimate of drug-likeness (QED) is 0.801. The summed E-state index contributed by atoms with van der Waals surface area (Å²) in [5.41, 5.74) is 0. The van der Waals surface area contributed by atoms with Gasteiger partial charge in [-0.05, 0) is 25.1 Å². The summed E-state index contributed by atoms with van der Waals surface area (Å²) in [6, 6.07) is 3.37. The van der Waals surface area contributed by atoms with Crippen LogP contribution in [0, 0.1) is 0 Å². The number of nitrogens with two attached hydrogens (primary N) is 1. The van der Waals surface area contributed by atoms with Gasteiger partial charge in [0.1, 0.15) is 4.21 Å². The lowest BCUT2D eigenvalue weighted by atomic mass is 10.4. The van der Waals surface area contributed by atoms with Gasteiger partial charge in [-0.25, -0.2) is 13.6 Å². The molecule has 2 N–H and O–H groups in total. The molecule has 10 heteroatoms. The number of hydrogen-bond acceptors (Lipinski definition) is 7. The summed E-state index contributed by atoms with van der Waals surface area (Å²) in [4.78, 5) is 2.33. The highest BCUT2D eigenvalue weighted by atomic mass is 32.3. The Hall–Kier alpha value is -0.360. The molecule has 0 aliphatic carbocycles. The third kappa shape index (κ3) is 4.38. The highest BCUT2D eigenvalue weighted by molar-refractivity contribution is 7.91. The van der Waals surface area contributed by atoms with Crippen LogP contribution in [0.1, 0.15) is 6.42 Å². The number of sulfonamides is 1. The lowest BCUT2D eigenvalue weighted by Gasteiger charge is -2.26. The average Bonchev–Trinajstić information content (AvgIpc) is 3.06. The van der Waals surface area contributed by atoms with Crippen LogP contribution in [0.25, 0.3) is 9.40 Å². The largest absolute Gasteiger partial charge is 0.379 e. The molecule has 1 fully saturated rings. The molecular formula is C13H18N2O4S4. The fourth-order valence-electron chi connectivity index (χ4n) is 2.39. The number of rotatable bonds is 6. The van der Waals surface area contributed by atoms with Crippen molar-refractivity contribution in [3.8, 4) is 0 Å². The van der Waals surface area contributed by atoms with E-state index >= 15 is 0 Å². The van der Waals surface area contributed by atoms with Gasteiger partial charge < -0.3 is 4.74 Å². The maximum Gasteiger partial charge on any atom is 0.247 e. The Labute approximate surface area is 145 Å². The lowest BCUT2D eigenvalue weighted by molar-refractivity contribution is 0.0381. The van der Waals surface area contributed by atoms with E-state index in [9.17, 15) is 12.6 Å². The first kappa shape index (κ1) is 17.5. The molecule has 3 rings (SSSR count). The first-order valence-electron chi connectivity index (χ1n) is 7.18. The molecule has 1 aliphatic rings. The second-order valence-corrected chi connectivity index (χ2v) is 11.2. The van der Waals surface area contributed by atoms with Crippen molar-refractivity contribution in [1.29, 1.82) is 0 Å². The Morgan fingerprint density at radius 1 is 1.26 bits per heavy atom. The monoisotopic (exact) mass is 394 g/mol. The van der Waals surface area contributed by atoms with Gasteiger partial charge in [-0.3, -0.25) is 9.11 Å². The fourth-order valence-corrected chi connectivity index (χ4v) is 7.35. The van der Waals surface area contributed by atoms with Gasteiger partial charge >= 0.3 is 0 Å². The predicted octanol–water partition coefficient (Wildman–Crippen LogP) is 1.44. The van der Waals surface area contributed by atoms with E-state index in [1.54, 1.807) is 6.07 Å². The van der Waals surface area contributed by atoms with Crippen molar-refractivity contribution < 1.29 is 17.4 Å². The van der Waals surface area contributed by atoms with Crippen molar-refractivity contribution in [2.24, 2.45) is 5.14 Å². The van der Waals surface area contributed by atoms with E-state index < -0.39 is 20.8 Å². The Bertz CT molecular complexity index is 774. The predicted molar refractivity (Wildman–Crippen MR) is 94.2 cm³/mol. The van der Waals surface area contributed by atoms with E-state index in [0.29, 0.717) is 5.75 Å². The van der Waals surface area contributed by atoms with E-state index in [1.165, 1.54) is 11.3 Å². The number of thiophene rings is 2. The summed E-state index contributed by atoms with van der Waals surface area (Å²) >= 11 is 2.53. The molecule has 0 saturated carbocycles. The van der Waals surface area contributed by atoms with Crippen LogP contribution in [0.4, 0.5) is 0 Å². The molecule has 0 amide bonds. The molecular weight excluding hydrogens is 376 g/mol. The third-order valence-corrected chi connectivity index (χ3v) is 9.22. The average molecular weight is 395 g/mol. The number of fused-ring (bicyclic) bond motifs is 1. The first-order valence-corrected chi connectivity index (χ1v) is 11.7. The molecule has 0 bridgehead atoms. The third-order valence-electron chi connectivity index (χ3n) is 3.58. The van der Waals surface area contributed by atoms with E-state index in [-0.39, 0.29) is 4.21 Å². The number of hydrogen-bond donors (Lipinski definition) is 1. The molecule has 128 valence electrons. The van der Waals surface area contributed by atoms with Crippen LogP contribution >= 0.6 is 22.7 Å². The second-order valence-electron chi connectivity index (χ2n) is 5.28. The van der Waals surface area contributed by atoms with Gasteiger partial charge in [-0.1, -0.05) is 0 Å². The van der Waals surface area contributed by atoms with Gasteiger partial charge in [0, 0.05) is 24.2 Å². The Balaban J connectivity index is 1.59. The summed E-state index contributed by atoms with van der Waals surface area (Å²) in [5.74, 6) is 0.618. The Morgan fingerprint density at radius 3 is 2.65 bits per heavy atom. The summed E-state index contributed by atoms with van der Waals surface area (Å²) < 4.78 is 42.1. The number of morpholine rings is 1. The van der Waals surface area contributed by atoms with Gasteiger partial charge in [0.2, 0.25) is 10.0 Å². The molecule has 0 aromatic carbocycles. The lowest BCUT2D eigenvalue weighted by Crippen LogP contribution is -2.37. The van der Waals surface area contributed by atoms with Gasteiger partial charge in [0.25, 0.3) is 0 Å². The molecule has 6 nitrogen and oxygen atoms in total. The van der Waals surface area contributed by atoms with Gasteiger partial charge in [-0.2, -0.15) is 0 Å². The Kier molecular flexibility index (Phi) is 5.51. The molecule has 2 aromatic heterocycles. The minimum absolute atomic E-state index is 0.156. The van der Waals surface area contributed by atoms with Gasteiger partial charge in [-0.15, -0.1) is 22.7 Å². The topological polar surface area (TPSA) is 89.7 Å². The fraction of sp³-hybridized carbons (Fsp3) is 0.538. The molecule has 0 radical (unpaired) electrons. The molecule has 2 aromatic rings. The van der Waals surface area contributed by atoms with Crippen LogP contribution in [0.15, 0.2) is 20.6 Å². The number of nitrogens with zero attached hydrogens (tertiary/aromatic N) is 1. The minimum Gasteiger partial charge on any atom is -0.379 e. The zero-order valence-corrected chi connectivity index (χ0v) is 15.7. The van der Waals surface area contributed by atoms with Crippen LogP contribution in [0.3, 0.4) is 0 Å². The molecule has 1 aliphatic heterocycles. The Morgan fingerprint density at radius 2 is 2.00 bits per heavy atom. The molecule has 1 atom stereocenters. The van der Waals surface area contributed by atoms with E-state index in [2.05, 4.69) is 4.90 Å². The summed E-state index contributed by atoms with van der Waals surface area (Å²) in [6.07, 6.45) is 0.876.